The minimum atomic E-state index is -0.0170. The molecule has 1 aromatic heterocycles. The first kappa shape index (κ1) is 13.2. The fraction of sp³-hybridized carbons (Fsp3) is 0.250. The van der Waals surface area contributed by atoms with Crippen molar-refractivity contribution in [2.45, 2.75) is 29.5 Å². The Hall–Kier alpha value is -1.81. The standard InChI is InChI=1S/C16H16N2OS/c1-11(12-6-8-17-9-7-12)18-16(19)15-10-13-4-2-3-5-14(13)20-15/h2-9,11,15H,10H2,1H3,(H,18,19)/t11-,15-/m0/s1. The predicted octanol–water partition coefficient (Wildman–Crippen LogP) is 2.98. The molecule has 0 saturated heterocycles. The maximum absolute atomic E-state index is 12.4. The number of fused-ring (bicyclic) bond motifs is 1. The maximum Gasteiger partial charge on any atom is 0.234 e. The van der Waals surface area contributed by atoms with E-state index in [4.69, 9.17) is 0 Å². The van der Waals surface area contributed by atoms with E-state index in [0.717, 1.165) is 12.0 Å². The molecule has 0 spiro atoms. The van der Waals surface area contributed by atoms with Gasteiger partial charge >= 0.3 is 0 Å². The van der Waals surface area contributed by atoms with Gasteiger partial charge < -0.3 is 5.32 Å². The number of carbonyl (C=O) groups excluding carboxylic acids is 1. The lowest BCUT2D eigenvalue weighted by Crippen LogP contribution is -2.34. The molecule has 0 saturated carbocycles. The number of carbonyl (C=O) groups is 1. The second kappa shape index (κ2) is 5.67. The summed E-state index contributed by atoms with van der Waals surface area (Å²) in [4.78, 5) is 17.6. The Morgan fingerprint density at radius 1 is 1.30 bits per heavy atom. The van der Waals surface area contributed by atoms with Crippen molar-refractivity contribution >= 4 is 17.7 Å². The molecule has 1 N–H and O–H groups in total. The zero-order valence-electron chi connectivity index (χ0n) is 11.2. The van der Waals surface area contributed by atoms with Gasteiger partial charge in [-0.25, -0.2) is 0 Å². The lowest BCUT2D eigenvalue weighted by atomic mass is 10.1. The van der Waals surface area contributed by atoms with Crippen LogP contribution in [0.4, 0.5) is 0 Å². The van der Waals surface area contributed by atoms with Crippen molar-refractivity contribution in [2.24, 2.45) is 0 Å². The zero-order chi connectivity index (χ0) is 13.9. The molecule has 0 aliphatic carbocycles. The molecule has 102 valence electrons. The van der Waals surface area contributed by atoms with Crippen LogP contribution in [-0.4, -0.2) is 16.1 Å². The van der Waals surface area contributed by atoms with Crippen molar-refractivity contribution in [1.82, 2.24) is 10.3 Å². The van der Waals surface area contributed by atoms with Crippen molar-refractivity contribution in [3.63, 3.8) is 0 Å². The van der Waals surface area contributed by atoms with Crippen LogP contribution in [0.3, 0.4) is 0 Å². The van der Waals surface area contributed by atoms with E-state index in [1.807, 2.05) is 31.2 Å². The predicted molar refractivity (Wildman–Crippen MR) is 80.6 cm³/mol. The number of pyridine rings is 1. The normalized spacial score (nSPS) is 18.4. The van der Waals surface area contributed by atoms with Gasteiger partial charge in [0.05, 0.1) is 11.3 Å². The SMILES string of the molecule is C[C@H](NC(=O)[C@@H]1Cc2ccccc2S1)c1ccncc1. The minimum absolute atomic E-state index is 0.00909. The third-order valence-electron chi connectivity index (χ3n) is 3.50. The highest BCUT2D eigenvalue weighted by Crippen LogP contribution is 2.37. The molecule has 20 heavy (non-hydrogen) atoms. The third-order valence-corrected chi connectivity index (χ3v) is 4.82. The summed E-state index contributed by atoms with van der Waals surface area (Å²) in [5.74, 6) is 0.107. The number of hydrogen-bond donors (Lipinski definition) is 1. The number of thioether (sulfide) groups is 1. The van der Waals surface area contributed by atoms with Crippen LogP contribution >= 0.6 is 11.8 Å². The van der Waals surface area contributed by atoms with Crippen molar-refractivity contribution in [2.75, 3.05) is 0 Å². The summed E-state index contributed by atoms with van der Waals surface area (Å²) in [7, 11) is 0. The van der Waals surface area contributed by atoms with Gasteiger partial charge in [-0.05, 0) is 42.7 Å². The smallest absolute Gasteiger partial charge is 0.234 e. The van der Waals surface area contributed by atoms with E-state index in [-0.39, 0.29) is 17.2 Å². The molecule has 0 fully saturated rings. The maximum atomic E-state index is 12.4. The fourth-order valence-corrected chi connectivity index (χ4v) is 3.57. The van der Waals surface area contributed by atoms with Gasteiger partial charge in [0.25, 0.3) is 0 Å². The van der Waals surface area contributed by atoms with Crippen molar-refractivity contribution < 1.29 is 4.79 Å². The summed E-state index contributed by atoms with van der Waals surface area (Å²) in [5.41, 5.74) is 2.35. The van der Waals surface area contributed by atoms with Gasteiger partial charge in [-0.2, -0.15) is 0 Å². The van der Waals surface area contributed by atoms with Crippen molar-refractivity contribution in [3.8, 4) is 0 Å². The summed E-state index contributed by atoms with van der Waals surface area (Å²) in [5, 5.41) is 3.07. The first-order valence-corrected chi connectivity index (χ1v) is 7.57. The molecule has 0 radical (unpaired) electrons. The highest BCUT2D eigenvalue weighted by atomic mass is 32.2. The average Bonchev–Trinajstić information content (AvgIpc) is 2.92. The van der Waals surface area contributed by atoms with Gasteiger partial charge in [0.1, 0.15) is 0 Å². The highest BCUT2D eigenvalue weighted by Gasteiger charge is 2.28. The Morgan fingerprint density at radius 2 is 2.05 bits per heavy atom. The van der Waals surface area contributed by atoms with Crippen LogP contribution in [0.1, 0.15) is 24.1 Å². The number of aromatic nitrogens is 1. The van der Waals surface area contributed by atoms with E-state index < -0.39 is 0 Å². The van der Waals surface area contributed by atoms with E-state index in [1.54, 1.807) is 24.2 Å². The molecular formula is C16H16N2OS. The molecule has 1 aliphatic rings. The molecule has 1 amide bonds. The molecule has 1 aromatic carbocycles. The quantitative estimate of drug-likeness (QED) is 0.942. The van der Waals surface area contributed by atoms with Crippen LogP contribution in [0.25, 0.3) is 0 Å². The van der Waals surface area contributed by atoms with Crippen LogP contribution in [0.15, 0.2) is 53.7 Å². The van der Waals surface area contributed by atoms with Gasteiger partial charge in [-0.1, -0.05) is 18.2 Å². The van der Waals surface area contributed by atoms with Crippen LogP contribution in [0, 0.1) is 0 Å². The van der Waals surface area contributed by atoms with Crippen molar-refractivity contribution in [3.05, 3.63) is 59.9 Å². The number of nitrogens with zero attached hydrogens (tertiary/aromatic N) is 1. The Morgan fingerprint density at radius 3 is 2.80 bits per heavy atom. The Labute approximate surface area is 122 Å². The topological polar surface area (TPSA) is 42.0 Å². The highest BCUT2D eigenvalue weighted by molar-refractivity contribution is 8.01. The number of amides is 1. The number of nitrogens with one attached hydrogen (secondary N) is 1. The lowest BCUT2D eigenvalue weighted by Gasteiger charge is -2.16. The minimum Gasteiger partial charge on any atom is -0.349 e. The lowest BCUT2D eigenvalue weighted by molar-refractivity contribution is -0.121. The molecule has 2 heterocycles. The van der Waals surface area contributed by atoms with E-state index in [0.29, 0.717) is 0 Å². The molecular weight excluding hydrogens is 268 g/mol. The Bertz CT molecular complexity index is 590. The molecule has 4 heteroatoms. The first-order chi connectivity index (χ1) is 9.74. The average molecular weight is 284 g/mol. The largest absolute Gasteiger partial charge is 0.349 e. The summed E-state index contributed by atoms with van der Waals surface area (Å²) in [6, 6.07) is 12.1. The second-order valence-electron chi connectivity index (χ2n) is 4.93. The molecule has 2 aromatic rings. The van der Waals surface area contributed by atoms with Gasteiger partial charge in [-0.3, -0.25) is 9.78 Å². The Kier molecular flexibility index (Phi) is 3.74. The number of hydrogen-bond acceptors (Lipinski definition) is 3. The van der Waals surface area contributed by atoms with Crippen LogP contribution in [-0.2, 0) is 11.2 Å². The molecule has 2 atom stereocenters. The van der Waals surface area contributed by atoms with Gasteiger partial charge in [0.15, 0.2) is 0 Å². The van der Waals surface area contributed by atoms with Gasteiger partial charge in [0, 0.05) is 17.3 Å². The fourth-order valence-electron chi connectivity index (χ4n) is 2.37. The van der Waals surface area contributed by atoms with E-state index >= 15 is 0 Å². The second-order valence-corrected chi connectivity index (χ2v) is 6.17. The van der Waals surface area contributed by atoms with Crippen molar-refractivity contribution in [1.29, 1.82) is 0 Å². The molecule has 3 nitrogen and oxygen atoms in total. The summed E-state index contributed by atoms with van der Waals surface area (Å²) < 4.78 is 0. The molecule has 3 rings (SSSR count). The van der Waals surface area contributed by atoms with Crippen LogP contribution < -0.4 is 5.32 Å². The third kappa shape index (κ3) is 2.70. The molecule has 0 bridgehead atoms. The Balaban J connectivity index is 1.64. The van der Waals surface area contributed by atoms with Gasteiger partial charge in [-0.15, -0.1) is 11.8 Å². The first-order valence-electron chi connectivity index (χ1n) is 6.69. The number of benzene rings is 1. The summed E-state index contributed by atoms with van der Waals surface area (Å²) in [6.07, 6.45) is 4.31. The summed E-state index contributed by atoms with van der Waals surface area (Å²) >= 11 is 1.66. The van der Waals surface area contributed by atoms with Crippen LogP contribution in [0.5, 0.6) is 0 Å². The monoisotopic (exact) mass is 284 g/mol. The van der Waals surface area contributed by atoms with E-state index in [9.17, 15) is 4.79 Å². The molecule has 1 aliphatic heterocycles. The van der Waals surface area contributed by atoms with E-state index in [1.165, 1.54) is 10.5 Å². The molecule has 0 unspecified atom stereocenters. The van der Waals surface area contributed by atoms with Crippen LogP contribution in [0.2, 0.25) is 0 Å². The summed E-state index contributed by atoms with van der Waals surface area (Å²) in [6.45, 7) is 2.00. The number of rotatable bonds is 3. The van der Waals surface area contributed by atoms with Gasteiger partial charge in [0.2, 0.25) is 5.91 Å². The van der Waals surface area contributed by atoms with E-state index in [2.05, 4.69) is 22.4 Å². The zero-order valence-corrected chi connectivity index (χ0v) is 12.1.